The van der Waals surface area contributed by atoms with Crippen molar-refractivity contribution in [1.29, 1.82) is 0 Å². The molecular weight excluding hydrogens is 428 g/mol. The highest BCUT2D eigenvalue weighted by Crippen LogP contribution is 2.14. The first-order valence-corrected chi connectivity index (χ1v) is 8.77. The largest absolute Gasteiger partial charge is 0.489 e. The average Bonchev–Trinajstić information content (AvgIpc) is 2.53. The Morgan fingerprint density at radius 2 is 2.04 bits per heavy atom. The average molecular weight is 455 g/mol. The fraction of sp³-hybridized carbons (Fsp3) is 0.562. The maximum absolute atomic E-state index is 13.2. The smallest absolute Gasteiger partial charge is 0.191 e. The van der Waals surface area contributed by atoms with Gasteiger partial charge in [0.25, 0.3) is 0 Å². The summed E-state index contributed by atoms with van der Waals surface area (Å²) < 4.78 is 19.0. The quantitative estimate of drug-likeness (QED) is 0.358. The zero-order chi connectivity index (χ0) is 16.4. The molecule has 0 heterocycles. The summed E-state index contributed by atoms with van der Waals surface area (Å²) in [6, 6.07) is 6.22. The van der Waals surface area contributed by atoms with E-state index in [1.807, 2.05) is 6.92 Å². The molecule has 0 aliphatic rings. The number of aliphatic imine (C=N–C) groups is 1. The van der Waals surface area contributed by atoms with Gasteiger partial charge in [-0.3, -0.25) is 4.99 Å². The lowest BCUT2D eigenvalue weighted by atomic mass is 10.2. The van der Waals surface area contributed by atoms with Gasteiger partial charge >= 0.3 is 0 Å². The van der Waals surface area contributed by atoms with Crippen molar-refractivity contribution in [3.63, 3.8) is 0 Å². The van der Waals surface area contributed by atoms with Crippen LogP contribution >= 0.6 is 35.7 Å². The van der Waals surface area contributed by atoms with Crippen LogP contribution in [0.15, 0.2) is 29.3 Å². The second-order valence-electron chi connectivity index (χ2n) is 4.99. The van der Waals surface area contributed by atoms with Crippen LogP contribution in [0, 0.1) is 5.82 Å². The lowest BCUT2D eigenvalue weighted by molar-refractivity contribution is 0.199. The van der Waals surface area contributed by atoms with Gasteiger partial charge in [0, 0.05) is 24.9 Å². The molecule has 132 valence electrons. The zero-order valence-corrected chi connectivity index (χ0v) is 17.3. The van der Waals surface area contributed by atoms with E-state index in [0.29, 0.717) is 17.5 Å². The van der Waals surface area contributed by atoms with Crippen molar-refractivity contribution >= 4 is 41.7 Å². The molecule has 2 unspecified atom stereocenters. The summed E-state index contributed by atoms with van der Waals surface area (Å²) in [6.07, 6.45) is 2.86. The van der Waals surface area contributed by atoms with Crippen LogP contribution in [0.5, 0.6) is 5.75 Å². The number of hydrogen-bond donors (Lipinski definition) is 2. The van der Waals surface area contributed by atoms with Crippen LogP contribution in [0.4, 0.5) is 4.39 Å². The van der Waals surface area contributed by atoms with Crippen molar-refractivity contribution in [3.8, 4) is 5.75 Å². The number of benzene rings is 1. The third-order valence-corrected chi connectivity index (χ3v) is 4.21. The molecule has 1 aromatic carbocycles. The molecule has 0 spiro atoms. The van der Waals surface area contributed by atoms with Crippen molar-refractivity contribution in [2.24, 2.45) is 4.99 Å². The first kappa shape index (κ1) is 22.3. The fourth-order valence-electron chi connectivity index (χ4n) is 1.76. The Bertz CT molecular complexity index is 476. The molecule has 23 heavy (non-hydrogen) atoms. The predicted molar refractivity (Wildman–Crippen MR) is 109 cm³/mol. The number of guanidine groups is 1. The Morgan fingerprint density at radius 1 is 1.35 bits per heavy atom. The van der Waals surface area contributed by atoms with Gasteiger partial charge in [0.2, 0.25) is 0 Å². The molecule has 1 rings (SSSR count). The zero-order valence-electron chi connectivity index (χ0n) is 14.1. The van der Waals surface area contributed by atoms with E-state index in [1.165, 1.54) is 12.1 Å². The van der Waals surface area contributed by atoms with Gasteiger partial charge in [-0.05, 0) is 24.8 Å². The molecular formula is C16H27FIN3OS. The molecule has 4 nitrogen and oxygen atoms in total. The Balaban J connectivity index is 0.00000484. The number of hydrogen-bond acceptors (Lipinski definition) is 3. The Morgan fingerprint density at radius 3 is 2.61 bits per heavy atom. The van der Waals surface area contributed by atoms with Gasteiger partial charge < -0.3 is 15.4 Å². The number of nitrogens with zero attached hydrogens (tertiary/aromatic N) is 1. The van der Waals surface area contributed by atoms with Crippen molar-refractivity contribution < 1.29 is 9.13 Å². The Kier molecular flexibility index (Phi) is 12.3. The molecule has 0 saturated heterocycles. The van der Waals surface area contributed by atoms with Crippen LogP contribution in [0.1, 0.15) is 20.3 Å². The van der Waals surface area contributed by atoms with E-state index in [1.54, 1.807) is 30.9 Å². The predicted octanol–water partition coefficient (Wildman–Crippen LogP) is 3.52. The molecule has 7 heteroatoms. The number of ether oxygens (including phenoxy) is 1. The summed E-state index contributed by atoms with van der Waals surface area (Å²) in [7, 11) is 1.74. The van der Waals surface area contributed by atoms with Crippen molar-refractivity contribution in [3.05, 3.63) is 30.1 Å². The highest BCUT2D eigenvalue weighted by molar-refractivity contribution is 14.0. The Hall–Kier alpha value is -0.700. The first-order chi connectivity index (χ1) is 10.6. The van der Waals surface area contributed by atoms with Gasteiger partial charge in [0.15, 0.2) is 5.96 Å². The fourth-order valence-corrected chi connectivity index (χ4v) is 2.01. The van der Waals surface area contributed by atoms with Crippen molar-refractivity contribution in [2.75, 3.05) is 26.4 Å². The van der Waals surface area contributed by atoms with Gasteiger partial charge in [0.1, 0.15) is 17.7 Å². The van der Waals surface area contributed by atoms with Crippen molar-refractivity contribution in [1.82, 2.24) is 10.6 Å². The third-order valence-electron chi connectivity index (χ3n) is 3.23. The van der Waals surface area contributed by atoms with Crippen LogP contribution in [0.25, 0.3) is 0 Å². The van der Waals surface area contributed by atoms with Crippen LogP contribution in [0.2, 0.25) is 0 Å². The molecule has 0 aliphatic carbocycles. The van der Waals surface area contributed by atoms with E-state index in [-0.39, 0.29) is 35.9 Å². The van der Waals surface area contributed by atoms with Crippen LogP contribution in [-0.4, -0.2) is 43.7 Å². The monoisotopic (exact) mass is 455 g/mol. The molecule has 0 bridgehead atoms. The molecule has 0 radical (unpaired) electrons. The topological polar surface area (TPSA) is 45.7 Å². The lowest BCUT2D eigenvalue weighted by Crippen LogP contribution is -2.44. The highest BCUT2D eigenvalue weighted by Gasteiger charge is 2.10. The van der Waals surface area contributed by atoms with E-state index in [2.05, 4.69) is 28.8 Å². The minimum Gasteiger partial charge on any atom is -0.489 e. The third kappa shape index (κ3) is 9.24. The summed E-state index contributed by atoms with van der Waals surface area (Å²) in [5.74, 6) is 1.01. The standard InChI is InChI=1S/C16H26FN3OS.HI/c1-5-14(21-15-8-6-7-13(17)9-15)11-20-16(18-3)19-10-12(2)22-4;/h6-9,12,14H,5,10-11H2,1-4H3,(H2,18,19,20);1H. The first-order valence-electron chi connectivity index (χ1n) is 7.48. The van der Waals surface area contributed by atoms with Gasteiger partial charge in [-0.2, -0.15) is 11.8 Å². The van der Waals surface area contributed by atoms with E-state index in [4.69, 9.17) is 4.74 Å². The van der Waals surface area contributed by atoms with E-state index in [0.717, 1.165) is 18.9 Å². The summed E-state index contributed by atoms with van der Waals surface area (Å²) in [4.78, 5) is 4.19. The van der Waals surface area contributed by atoms with Gasteiger partial charge in [-0.25, -0.2) is 4.39 Å². The molecule has 2 atom stereocenters. The van der Waals surface area contributed by atoms with E-state index >= 15 is 0 Å². The number of rotatable bonds is 8. The maximum atomic E-state index is 13.2. The minimum absolute atomic E-state index is 0. The molecule has 0 aromatic heterocycles. The van der Waals surface area contributed by atoms with Crippen LogP contribution in [-0.2, 0) is 0 Å². The number of halogens is 2. The molecule has 2 N–H and O–H groups in total. The molecule has 1 aromatic rings. The van der Waals surface area contributed by atoms with Crippen LogP contribution in [0.3, 0.4) is 0 Å². The SMILES string of the molecule is CCC(CNC(=NC)NCC(C)SC)Oc1cccc(F)c1.I. The second-order valence-corrected chi connectivity index (χ2v) is 6.26. The van der Waals surface area contributed by atoms with Gasteiger partial charge in [-0.1, -0.05) is 19.9 Å². The summed E-state index contributed by atoms with van der Waals surface area (Å²) >= 11 is 1.80. The van der Waals surface area contributed by atoms with Gasteiger partial charge in [0.05, 0.1) is 6.54 Å². The molecule has 0 aliphatic heterocycles. The minimum atomic E-state index is -0.288. The summed E-state index contributed by atoms with van der Waals surface area (Å²) in [5.41, 5.74) is 0. The van der Waals surface area contributed by atoms with Gasteiger partial charge in [-0.15, -0.1) is 24.0 Å². The number of nitrogens with one attached hydrogen (secondary N) is 2. The van der Waals surface area contributed by atoms with E-state index in [9.17, 15) is 4.39 Å². The Labute approximate surface area is 160 Å². The van der Waals surface area contributed by atoms with Crippen molar-refractivity contribution in [2.45, 2.75) is 31.6 Å². The molecule has 0 fully saturated rings. The summed E-state index contributed by atoms with van der Waals surface area (Å²) in [5, 5.41) is 7.04. The summed E-state index contributed by atoms with van der Waals surface area (Å²) in [6.45, 7) is 5.66. The van der Waals surface area contributed by atoms with Crippen LogP contribution < -0.4 is 15.4 Å². The second kappa shape index (κ2) is 12.7. The number of thioether (sulfide) groups is 1. The highest BCUT2D eigenvalue weighted by atomic mass is 127. The molecule has 0 amide bonds. The molecule has 0 saturated carbocycles. The lowest BCUT2D eigenvalue weighted by Gasteiger charge is -2.20. The van der Waals surface area contributed by atoms with E-state index < -0.39 is 0 Å². The normalized spacial score (nSPS) is 13.7. The maximum Gasteiger partial charge on any atom is 0.191 e.